The zero-order chi connectivity index (χ0) is 19.3. The average Bonchev–Trinajstić information content (AvgIpc) is 2.77. The van der Waals surface area contributed by atoms with Crippen molar-refractivity contribution in [2.45, 2.75) is 39.3 Å². The van der Waals surface area contributed by atoms with Gasteiger partial charge in [0.2, 0.25) is 5.91 Å². The van der Waals surface area contributed by atoms with E-state index in [-0.39, 0.29) is 11.8 Å². The van der Waals surface area contributed by atoms with Crippen molar-refractivity contribution in [3.63, 3.8) is 0 Å². The largest absolute Gasteiger partial charge is 0.352 e. The highest BCUT2D eigenvalue weighted by Gasteiger charge is 2.25. The first-order valence-electron chi connectivity index (χ1n) is 10.5. The van der Waals surface area contributed by atoms with E-state index in [9.17, 15) is 4.79 Å². The van der Waals surface area contributed by atoms with Crippen LogP contribution in [0.5, 0.6) is 0 Å². The monoisotopic (exact) mass is 378 g/mol. The third-order valence-electron chi connectivity index (χ3n) is 6.07. The third kappa shape index (κ3) is 4.20. The van der Waals surface area contributed by atoms with E-state index < -0.39 is 0 Å². The molecule has 1 aromatic carbocycles. The van der Waals surface area contributed by atoms with Crippen molar-refractivity contribution in [2.24, 2.45) is 5.92 Å². The summed E-state index contributed by atoms with van der Waals surface area (Å²) in [7, 11) is 0. The van der Waals surface area contributed by atoms with Crippen molar-refractivity contribution in [3.8, 4) is 0 Å². The molecule has 2 aliphatic rings. The van der Waals surface area contributed by atoms with Crippen LogP contribution < -0.4 is 10.2 Å². The number of likely N-dealkylation sites (tertiary alicyclic amines) is 1. The Balaban J connectivity index is 1.42. The van der Waals surface area contributed by atoms with Gasteiger partial charge in [-0.15, -0.1) is 0 Å². The number of anilines is 1. The van der Waals surface area contributed by atoms with Gasteiger partial charge in [0, 0.05) is 37.9 Å². The first-order valence-corrected chi connectivity index (χ1v) is 10.5. The van der Waals surface area contributed by atoms with Gasteiger partial charge in [-0.05, 0) is 49.5 Å². The van der Waals surface area contributed by atoms with Crippen LogP contribution >= 0.6 is 0 Å². The molecular formula is C23H30N4O. The summed E-state index contributed by atoms with van der Waals surface area (Å²) in [6.07, 6.45) is 4.98. The Kier molecular flexibility index (Phi) is 5.91. The Hall–Kier alpha value is -2.40. The first-order chi connectivity index (χ1) is 13.7. The second-order valence-corrected chi connectivity index (χ2v) is 7.88. The molecule has 1 N–H and O–H groups in total. The van der Waals surface area contributed by atoms with E-state index in [1.165, 1.54) is 11.1 Å². The fourth-order valence-electron chi connectivity index (χ4n) is 4.41. The van der Waals surface area contributed by atoms with Crippen LogP contribution in [0.15, 0.2) is 42.6 Å². The van der Waals surface area contributed by atoms with Gasteiger partial charge in [-0.1, -0.05) is 37.3 Å². The lowest BCUT2D eigenvalue weighted by Crippen LogP contribution is -2.42. The normalized spacial score (nSPS) is 19.9. The van der Waals surface area contributed by atoms with E-state index >= 15 is 0 Å². The quantitative estimate of drug-likeness (QED) is 0.869. The number of piperidine rings is 1. The Morgan fingerprint density at radius 1 is 1.18 bits per heavy atom. The van der Waals surface area contributed by atoms with Crippen LogP contribution in [0.2, 0.25) is 0 Å². The number of hydrogen-bond acceptors (Lipinski definition) is 4. The van der Waals surface area contributed by atoms with Gasteiger partial charge in [0.1, 0.15) is 5.82 Å². The lowest BCUT2D eigenvalue weighted by Gasteiger charge is -2.32. The van der Waals surface area contributed by atoms with Crippen LogP contribution in [0.4, 0.5) is 5.82 Å². The molecule has 0 bridgehead atoms. The van der Waals surface area contributed by atoms with Crippen molar-refractivity contribution >= 4 is 11.7 Å². The van der Waals surface area contributed by atoms with Gasteiger partial charge >= 0.3 is 0 Å². The molecule has 1 unspecified atom stereocenters. The summed E-state index contributed by atoms with van der Waals surface area (Å²) in [5.74, 6) is 1.28. The molecule has 3 heterocycles. The molecule has 4 rings (SSSR count). The number of nitrogens with zero attached hydrogens (tertiary/aromatic N) is 3. The number of pyridine rings is 1. The van der Waals surface area contributed by atoms with Crippen LogP contribution in [0.1, 0.15) is 36.5 Å². The predicted molar refractivity (Wildman–Crippen MR) is 112 cm³/mol. The molecule has 1 aromatic heterocycles. The maximum Gasteiger partial charge on any atom is 0.224 e. The van der Waals surface area contributed by atoms with E-state index in [1.54, 1.807) is 0 Å². The van der Waals surface area contributed by atoms with Crippen LogP contribution in [-0.4, -0.2) is 42.0 Å². The highest BCUT2D eigenvalue weighted by molar-refractivity contribution is 5.79. The first kappa shape index (κ1) is 18.9. The lowest BCUT2D eigenvalue weighted by atomic mass is 9.97. The number of carbonyl (C=O) groups is 1. The van der Waals surface area contributed by atoms with Crippen molar-refractivity contribution in [2.75, 3.05) is 31.1 Å². The minimum Gasteiger partial charge on any atom is -0.352 e. The minimum absolute atomic E-state index is 0.107. The summed E-state index contributed by atoms with van der Waals surface area (Å²) in [6.45, 7) is 7.56. The Labute approximate surface area is 167 Å². The minimum atomic E-state index is 0.107. The molecule has 2 aromatic rings. The van der Waals surface area contributed by atoms with E-state index in [2.05, 4.69) is 57.4 Å². The van der Waals surface area contributed by atoms with E-state index in [0.29, 0.717) is 6.54 Å². The molecule has 1 amide bonds. The second kappa shape index (κ2) is 8.74. The van der Waals surface area contributed by atoms with Gasteiger partial charge in [0.05, 0.1) is 5.92 Å². The van der Waals surface area contributed by atoms with Gasteiger partial charge in [-0.25, -0.2) is 4.98 Å². The fourth-order valence-corrected chi connectivity index (χ4v) is 4.41. The molecule has 28 heavy (non-hydrogen) atoms. The Morgan fingerprint density at radius 2 is 2.04 bits per heavy atom. The summed E-state index contributed by atoms with van der Waals surface area (Å²) in [5.41, 5.74) is 3.90. The standard InChI is InChI=1S/C23H30N4O/c1-2-26-13-6-10-21(16-26)23(28)25-15-19-9-5-12-24-22(19)27-14-11-18-7-3-4-8-20(18)17-27/h3-5,7-9,12,21H,2,6,10-11,13-17H2,1H3,(H,25,28). The van der Waals surface area contributed by atoms with Crippen molar-refractivity contribution < 1.29 is 4.79 Å². The van der Waals surface area contributed by atoms with Crippen molar-refractivity contribution in [1.29, 1.82) is 0 Å². The molecule has 148 valence electrons. The molecule has 0 saturated carbocycles. The van der Waals surface area contributed by atoms with Crippen LogP contribution in [-0.2, 0) is 24.3 Å². The van der Waals surface area contributed by atoms with E-state index in [4.69, 9.17) is 0 Å². The zero-order valence-corrected chi connectivity index (χ0v) is 16.7. The van der Waals surface area contributed by atoms with Crippen molar-refractivity contribution in [3.05, 3.63) is 59.3 Å². The molecule has 5 nitrogen and oxygen atoms in total. The molecule has 0 spiro atoms. The summed E-state index contributed by atoms with van der Waals surface area (Å²) in [5, 5.41) is 3.18. The highest BCUT2D eigenvalue weighted by Crippen LogP contribution is 2.25. The molecule has 0 radical (unpaired) electrons. The average molecular weight is 379 g/mol. The number of benzene rings is 1. The van der Waals surface area contributed by atoms with Gasteiger partial charge in [-0.2, -0.15) is 0 Å². The van der Waals surface area contributed by atoms with Crippen molar-refractivity contribution in [1.82, 2.24) is 15.2 Å². The number of amides is 1. The molecule has 0 aliphatic carbocycles. The number of carbonyl (C=O) groups excluding carboxylic acids is 1. The molecule has 1 fully saturated rings. The van der Waals surface area contributed by atoms with Gasteiger partial charge in [0.25, 0.3) is 0 Å². The Bertz CT molecular complexity index is 822. The predicted octanol–water partition coefficient (Wildman–Crippen LogP) is 2.99. The molecule has 1 atom stereocenters. The molecule has 1 saturated heterocycles. The van der Waals surface area contributed by atoms with E-state index in [1.807, 2.05) is 12.3 Å². The van der Waals surface area contributed by atoms with Crippen LogP contribution in [0.3, 0.4) is 0 Å². The number of hydrogen-bond donors (Lipinski definition) is 1. The van der Waals surface area contributed by atoms with E-state index in [0.717, 1.165) is 63.4 Å². The van der Waals surface area contributed by atoms with Crippen LogP contribution in [0, 0.1) is 5.92 Å². The van der Waals surface area contributed by atoms with Crippen LogP contribution in [0.25, 0.3) is 0 Å². The lowest BCUT2D eigenvalue weighted by molar-refractivity contribution is -0.126. The zero-order valence-electron chi connectivity index (χ0n) is 16.7. The summed E-state index contributed by atoms with van der Waals surface area (Å²) in [6, 6.07) is 12.7. The molecular weight excluding hydrogens is 348 g/mol. The number of fused-ring (bicyclic) bond motifs is 1. The molecule has 5 heteroatoms. The van der Waals surface area contributed by atoms with Gasteiger partial charge in [0.15, 0.2) is 0 Å². The number of aromatic nitrogens is 1. The smallest absolute Gasteiger partial charge is 0.224 e. The maximum absolute atomic E-state index is 12.7. The second-order valence-electron chi connectivity index (χ2n) is 7.88. The number of rotatable bonds is 5. The summed E-state index contributed by atoms with van der Waals surface area (Å²) >= 11 is 0. The summed E-state index contributed by atoms with van der Waals surface area (Å²) in [4.78, 5) is 22.1. The third-order valence-corrected chi connectivity index (χ3v) is 6.07. The highest BCUT2D eigenvalue weighted by atomic mass is 16.1. The summed E-state index contributed by atoms with van der Waals surface area (Å²) < 4.78 is 0. The Morgan fingerprint density at radius 3 is 2.89 bits per heavy atom. The topological polar surface area (TPSA) is 48.5 Å². The van der Waals surface area contributed by atoms with Gasteiger partial charge < -0.3 is 15.1 Å². The fraction of sp³-hybridized carbons (Fsp3) is 0.478. The SMILES string of the molecule is CCN1CCCC(C(=O)NCc2cccnc2N2CCc3ccccc3C2)C1. The van der Waals surface area contributed by atoms with Gasteiger partial charge in [-0.3, -0.25) is 4.79 Å². The maximum atomic E-state index is 12.7. The number of nitrogens with one attached hydrogen (secondary N) is 1. The molecule has 2 aliphatic heterocycles.